The highest BCUT2D eigenvalue weighted by molar-refractivity contribution is 8.76. The number of ether oxygens (including phenoxy) is 9. The molecule has 4 rings (SSSR count). The van der Waals surface area contributed by atoms with E-state index in [2.05, 4.69) is 18.7 Å². The van der Waals surface area contributed by atoms with E-state index in [-0.39, 0.29) is 30.8 Å². The number of fused-ring (bicyclic) bond motifs is 1. The molecule has 0 aromatic carbocycles. The van der Waals surface area contributed by atoms with Crippen LogP contribution >= 0.6 is 21.6 Å². The van der Waals surface area contributed by atoms with Crippen LogP contribution in [-0.2, 0) is 61.8 Å². The van der Waals surface area contributed by atoms with Gasteiger partial charge in [0.25, 0.3) is 0 Å². The van der Waals surface area contributed by atoms with Crippen LogP contribution in [-0.4, -0.2) is 151 Å². The molecule has 0 aromatic heterocycles. The molecule has 4 aliphatic rings. The lowest BCUT2D eigenvalue weighted by molar-refractivity contribution is -0.320. The topological polar surface area (TPSA) is 175 Å². The van der Waals surface area contributed by atoms with E-state index in [0.717, 1.165) is 6.54 Å². The predicted molar refractivity (Wildman–Crippen MR) is 241 cm³/mol. The number of nitrogens with zero attached hydrogens (tertiary/aromatic N) is 1. The lowest BCUT2D eigenvalue weighted by Crippen LogP contribution is -2.62. The molecule has 0 bridgehead atoms. The number of hydrogen-bond acceptors (Lipinski definition) is 17. The molecule has 19 atom stereocenters. The summed E-state index contributed by atoms with van der Waals surface area (Å²) >= 11 is 0. The van der Waals surface area contributed by atoms with Crippen LogP contribution < -0.4 is 0 Å². The number of carbonyl (C=O) groups excluding carboxylic acids is 4. The minimum atomic E-state index is -1.33. The molecule has 0 radical (unpaired) electrons. The Kier molecular flexibility index (Phi) is 18.9. The van der Waals surface area contributed by atoms with Crippen molar-refractivity contribution in [3.8, 4) is 0 Å². The van der Waals surface area contributed by atoms with Gasteiger partial charge in [0.1, 0.15) is 23.2 Å². The minimum Gasteiger partial charge on any atom is -0.458 e. The second kappa shape index (κ2) is 22.0. The monoisotopic (exact) mass is 933 g/mol. The van der Waals surface area contributed by atoms with Crippen molar-refractivity contribution in [2.24, 2.45) is 35.5 Å². The summed E-state index contributed by atoms with van der Waals surface area (Å²) in [6, 6.07) is -0.269. The third-order valence-electron chi connectivity index (χ3n) is 14.3. The third-order valence-corrected chi connectivity index (χ3v) is 16.4. The quantitative estimate of drug-likeness (QED) is 0.125. The normalized spacial score (nSPS) is 44.5. The van der Waals surface area contributed by atoms with E-state index in [9.17, 15) is 24.3 Å². The Morgan fingerprint density at radius 3 is 2.11 bits per heavy atom. The van der Waals surface area contributed by atoms with Crippen LogP contribution in [0.4, 0.5) is 0 Å². The molecule has 364 valence electrons. The second-order valence-corrected chi connectivity index (χ2v) is 22.3. The Hall–Kier alpha value is -1.54. The first-order chi connectivity index (χ1) is 29.3. The third kappa shape index (κ3) is 11.8. The molecular formula is C46H79NO14S2. The van der Waals surface area contributed by atoms with Crippen molar-refractivity contribution < 1.29 is 66.9 Å². The van der Waals surface area contributed by atoms with E-state index in [4.69, 9.17) is 42.6 Å². The van der Waals surface area contributed by atoms with Gasteiger partial charge in [-0.2, -0.15) is 0 Å². The van der Waals surface area contributed by atoms with Gasteiger partial charge < -0.3 is 47.7 Å². The van der Waals surface area contributed by atoms with Gasteiger partial charge in [0.05, 0.1) is 47.6 Å². The summed E-state index contributed by atoms with van der Waals surface area (Å²) < 4.78 is 58.1. The number of methoxy groups -OCH3 is 2. The molecule has 0 saturated carbocycles. The molecule has 17 heteroatoms. The lowest BCUT2D eigenvalue weighted by atomic mass is 9.70. The number of carbonyl (C=O) groups is 4. The van der Waals surface area contributed by atoms with Gasteiger partial charge in [0.2, 0.25) is 0 Å². The Balaban J connectivity index is 1.94. The second-order valence-electron chi connectivity index (χ2n) is 19.7. The van der Waals surface area contributed by atoms with Crippen LogP contribution in [0.15, 0.2) is 0 Å². The van der Waals surface area contributed by atoms with Crippen LogP contribution in [0.5, 0.6) is 0 Å². The fourth-order valence-corrected chi connectivity index (χ4v) is 13.0. The molecule has 4 heterocycles. The first-order valence-corrected chi connectivity index (χ1v) is 25.4. The lowest BCUT2D eigenvalue weighted by Gasteiger charge is -2.50. The molecule has 4 saturated heterocycles. The van der Waals surface area contributed by atoms with Gasteiger partial charge in [0.15, 0.2) is 24.3 Å². The molecule has 63 heavy (non-hydrogen) atoms. The van der Waals surface area contributed by atoms with Gasteiger partial charge in [-0.3, -0.25) is 24.1 Å². The molecule has 0 spiro atoms. The van der Waals surface area contributed by atoms with Crippen LogP contribution in [0, 0.1) is 35.5 Å². The zero-order chi connectivity index (χ0) is 47.5. The summed E-state index contributed by atoms with van der Waals surface area (Å²) in [7, 11) is 7.84. The van der Waals surface area contributed by atoms with Crippen LogP contribution in [0.3, 0.4) is 0 Å². The fraction of sp³-hybridized carbons (Fsp3) is 0.913. The van der Waals surface area contributed by atoms with Gasteiger partial charge in [-0.25, -0.2) is 0 Å². The smallest absolute Gasteiger partial charge is 0.321 e. The van der Waals surface area contributed by atoms with Gasteiger partial charge in [-0.15, -0.1) is 0 Å². The van der Waals surface area contributed by atoms with E-state index in [1.165, 1.54) is 35.6 Å². The van der Waals surface area contributed by atoms with E-state index < -0.39 is 119 Å². The number of aliphatic hydroxyl groups excluding tert-OH is 1. The number of esters is 3. The molecule has 0 amide bonds. The predicted octanol–water partition coefficient (Wildman–Crippen LogP) is 6.24. The van der Waals surface area contributed by atoms with Crippen molar-refractivity contribution in [1.29, 1.82) is 0 Å². The number of aliphatic hydroxyl groups is 1. The van der Waals surface area contributed by atoms with Gasteiger partial charge >= 0.3 is 17.9 Å². The average Bonchev–Trinajstić information content (AvgIpc) is 3.47. The Morgan fingerprint density at radius 2 is 1.56 bits per heavy atom. The van der Waals surface area contributed by atoms with Crippen LogP contribution in [0.2, 0.25) is 0 Å². The molecule has 4 fully saturated rings. The summed E-state index contributed by atoms with van der Waals surface area (Å²) in [6.07, 6.45) is -4.75. The van der Waals surface area contributed by atoms with Crippen LogP contribution in [0.25, 0.3) is 0 Å². The van der Waals surface area contributed by atoms with Crippen molar-refractivity contribution in [1.82, 2.24) is 4.90 Å². The maximum absolute atomic E-state index is 14.9. The van der Waals surface area contributed by atoms with Gasteiger partial charge in [-0.1, -0.05) is 63.1 Å². The molecule has 4 aliphatic heterocycles. The van der Waals surface area contributed by atoms with Gasteiger partial charge in [-0.05, 0) is 80.0 Å². The number of hydrogen-bond donors (Lipinski definition) is 1. The van der Waals surface area contributed by atoms with Crippen molar-refractivity contribution in [3.63, 3.8) is 0 Å². The number of cyclic esters (lactones) is 1. The van der Waals surface area contributed by atoms with E-state index >= 15 is 0 Å². The average molecular weight is 934 g/mol. The Labute approximate surface area is 384 Å². The maximum Gasteiger partial charge on any atom is 0.321 e. The summed E-state index contributed by atoms with van der Waals surface area (Å²) in [5, 5.41) is 10.4. The van der Waals surface area contributed by atoms with Gasteiger partial charge in [0, 0.05) is 57.8 Å². The van der Waals surface area contributed by atoms with E-state index in [0.29, 0.717) is 18.8 Å². The van der Waals surface area contributed by atoms with Crippen molar-refractivity contribution in [3.05, 3.63) is 0 Å². The Bertz CT molecular complexity index is 1570. The molecule has 1 unspecified atom stereocenters. The molecule has 0 aliphatic carbocycles. The van der Waals surface area contributed by atoms with Crippen molar-refractivity contribution in [2.45, 2.75) is 199 Å². The summed E-state index contributed by atoms with van der Waals surface area (Å²) in [6.45, 7) is 24.6. The molecular weight excluding hydrogens is 855 g/mol. The minimum absolute atomic E-state index is 0.108. The largest absolute Gasteiger partial charge is 0.458 e. The highest BCUT2D eigenvalue weighted by Crippen LogP contribution is 2.51. The zero-order valence-corrected chi connectivity index (χ0v) is 42.5. The van der Waals surface area contributed by atoms with Crippen LogP contribution in [0.1, 0.15) is 116 Å². The molecule has 0 aromatic rings. The first kappa shape index (κ1) is 54.1. The van der Waals surface area contributed by atoms with E-state index in [1.54, 1.807) is 34.8 Å². The Morgan fingerprint density at radius 1 is 0.921 bits per heavy atom. The standard InChI is InChI=1S/C46H79NO14S2/c1-18-32-46(13)34(38(63-62-17)42(52)61-46)26(6)35(49)24(4)20-45(12,54-16)40(60-43-37(57-30(10)48)31(19-25(5)55-43)47(14)22-23(2)3)27(7)36(28(8)41(51)58-32)59-33-21-44(11,53-15)39(50)29(9)56-33/h23-29,31-34,36-40,43,50H,18-22H2,1-17H3/t24-,25-,26-,27+,28-,29+,31+,32-,33+,34+,36+,37-,38?,39+,40-,43+,44-,45-,46-/m1/s1. The van der Waals surface area contributed by atoms with Crippen molar-refractivity contribution in [2.75, 3.05) is 34.1 Å². The highest BCUT2D eigenvalue weighted by Gasteiger charge is 2.62. The summed E-state index contributed by atoms with van der Waals surface area (Å²) in [5.74, 6) is -5.04. The number of rotatable bonds is 13. The number of ketones is 1. The highest BCUT2D eigenvalue weighted by atomic mass is 33.1. The molecule has 15 nitrogen and oxygen atoms in total. The first-order valence-electron chi connectivity index (χ1n) is 22.8. The summed E-state index contributed by atoms with van der Waals surface area (Å²) in [5.41, 5.74) is -3.64. The number of Topliss-reactive ketones (excluding diaryl/α,β-unsaturated/α-hetero) is 1. The fourth-order valence-electron chi connectivity index (χ4n) is 10.9. The SMILES string of the molecule is CC[C@H]1OC(=O)[C@H](C)[C@@H](O[C@H]2C[C@@](C)(OC)[C@@H](O)[C@H](C)O2)[C@H](C)[C@@H](O[C@@H]2O[C@H](C)C[C@H](N(C)CC(C)C)[C@H]2OC(C)=O)[C@](C)(OC)C[C@@H](C)C(=O)[C@H](C)[C@H]2C(SSC)C(=O)O[C@@]21C. The maximum atomic E-state index is 14.9. The zero-order valence-electron chi connectivity index (χ0n) is 40.9. The van der Waals surface area contributed by atoms with Crippen molar-refractivity contribution >= 4 is 45.3 Å². The summed E-state index contributed by atoms with van der Waals surface area (Å²) in [4.78, 5) is 58.5. The van der Waals surface area contributed by atoms with E-state index in [1.807, 2.05) is 54.8 Å². The molecule has 1 N–H and O–H groups in total. The number of likely N-dealkylation sites (N-methyl/N-ethyl adjacent to an activating group) is 1.